The topological polar surface area (TPSA) is 48.9 Å². The number of hydrazone groups is 1. The van der Waals surface area contributed by atoms with E-state index in [2.05, 4.69) is 34.6 Å². The van der Waals surface area contributed by atoms with Crippen LogP contribution in [0.3, 0.4) is 0 Å². The van der Waals surface area contributed by atoms with E-state index in [4.69, 9.17) is 17.0 Å². The summed E-state index contributed by atoms with van der Waals surface area (Å²) >= 11 is 5.29. The quantitative estimate of drug-likeness (QED) is 0.610. The van der Waals surface area contributed by atoms with Crippen molar-refractivity contribution in [3.8, 4) is 0 Å². The highest BCUT2D eigenvalue weighted by Crippen LogP contribution is 2.25. The van der Waals surface area contributed by atoms with Crippen LogP contribution in [0.1, 0.15) is 33.1 Å². The summed E-state index contributed by atoms with van der Waals surface area (Å²) in [7, 11) is 0. The van der Waals surface area contributed by atoms with Crippen molar-refractivity contribution in [2.75, 3.05) is 39.4 Å². The molecule has 120 valence electrons. The zero-order valence-corrected chi connectivity index (χ0v) is 14.0. The minimum absolute atomic E-state index is 0.567. The number of ether oxygens (including phenoxy) is 1. The van der Waals surface area contributed by atoms with Crippen LogP contribution in [0.5, 0.6) is 0 Å². The molecule has 0 unspecified atom stereocenters. The van der Waals surface area contributed by atoms with E-state index >= 15 is 0 Å². The van der Waals surface area contributed by atoms with E-state index in [1.165, 1.54) is 25.0 Å². The smallest absolute Gasteiger partial charge is 0.186 e. The van der Waals surface area contributed by atoms with Crippen LogP contribution in [0, 0.1) is 11.8 Å². The standard InChI is InChI=1S/C15H28N4OS/c1-12-4-3-5-13(2)14(12)17-18-15(21)16-6-7-19-8-10-20-11-9-19/h12-13H,3-11H2,1-2H3,(H2,16,18,21)/t12-,13-/m1/s1. The molecule has 0 radical (unpaired) electrons. The van der Waals surface area contributed by atoms with E-state index < -0.39 is 0 Å². The Morgan fingerprint density at radius 3 is 2.62 bits per heavy atom. The Morgan fingerprint density at radius 1 is 1.29 bits per heavy atom. The number of morpholine rings is 1. The third kappa shape index (κ3) is 5.52. The molecule has 1 saturated carbocycles. The van der Waals surface area contributed by atoms with Crippen molar-refractivity contribution in [1.82, 2.24) is 15.6 Å². The first-order valence-corrected chi connectivity index (χ1v) is 8.49. The van der Waals surface area contributed by atoms with Gasteiger partial charge in [0.05, 0.1) is 13.2 Å². The third-order valence-corrected chi connectivity index (χ3v) is 4.62. The molecule has 0 aromatic carbocycles. The highest BCUT2D eigenvalue weighted by atomic mass is 32.1. The maximum absolute atomic E-state index is 5.33. The molecule has 0 spiro atoms. The van der Waals surface area contributed by atoms with Crippen LogP contribution in [0.15, 0.2) is 5.10 Å². The molecule has 1 aliphatic carbocycles. The van der Waals surface area contributed by atoms with Gasteiger partial charge in [0.15, 0.2) is 5.11 Å². The highest BCUT2D eigenvalue weighted by Gasteiger charge is 2.22. The van der Waals surface area contributed by atoms with Crippen molar-refractivity contribution < 1.29 is 4.74 Å². The lowest BCUT2D eigenvalue weighted by Crippen LogP contribution is -2.43. The number of rotatable bonds is 4. The number of hydrogen-bond donors (Lipinski definition) is 2. The summed E-state index contributed by atoms with van der Waals surface area (Å²) in [6, 6.07) is 0. The summed E-state index contributed by atoms with van der Waals surface area (Å²) < 4.78 is 5.33. The van der Waals surface area contributed by atoms with Crippen molar-refractivity contribution >= 4 is 23.0 Å². The summed E-state index contributed by atoms with van der Waals surface area (Å²) in [5.74, 6) is 1.13. The molecule has 0 aromatic heterocycles. The molecule has 21 heavy (non-hydrogen) atoms. The van der Waals surface area contributed by atoms with E-state index in [0.717, 1.165) is 39.4 Å². The monoisotopic (exact) mass is 312 g/mol. The molecule has 6 heteroatoms. The zero-order valence-electron chi connectivity index (χ0n) is 13.2. The number of nitrogens with zero attached hydrogens (tertiary/aromatic N) is 2. The molecule has 2 rings (SSSR count). The maximum Gasteiger partial charge on any atom is 0.186 e. The Labute approximate surface area is 133 Å². The zero-order chi connectivity index (χ0) is 15.1. The first-order valence-electron chi connectivity index (χ1n) is 8.08. The predicted molar refractivity (Wildman–Crippen MR) is 90.6 cm³/mol. The van der Waals surface area contributed by atoms with Gasteiger partial charge in [0, 0.05) is 31.9 Å². The fourth-order valence-electron chi connectivity index (χ4n) is 3.04. The third-order valence-electron chi connectivity index (χ3n) is 4.39. The number of thiocarbonyl (C=S) groups is 1. The summed E-state index contributed by atoms with van der Waals surface area (Å²) in [6.45, 7) is 10.1. The Hall–Kier alpha value is -0.720. The van der Waals surface area contributed by atoms with Crippen LogP contribution in [0.2, 0.25) is 0 Å². The fourth-order valence-corrected chi connectivity index (χ4v) is 3.19. The van der Waals surface area contributed by atoms with E-state index in [0.29, 0.717) is 16.9 Å². The fraction of sp³-hybridized carbons (Fsp3) is 0.867. The molecule has 0 amide bonds. The molecule has 1 aliphatic heterocycles. The first-order chi connectivity index (χ1) is 10.2. The van der Waals surface area contributed by atoms with Gasteiger partial charge in [0.1, 0.15) is 0 Å². The number of nitrogens with one attached hydrogen (secondary N) is 2. The molecular weight excluding hydrogens is 284 g/mol. The molecule has 1 heterocycles. The van der Waals surface area contributed by atoms with E-state index in [1.54, 1.807) is 0 Å². The van der Waals surface area contributed by atoms with Gasteiger partial charge in [-0.1, -0.05) is 20.3 Å². The molecule has 2 aliphatic rings. The molecular formula is C15H28N4OS. The Morgan fingerprint density at radius 2 is 1.95 bits per heavy atom. The van der Waals surface area contributed by atoms with Gasteiger partial charge in [0.25, 0.3) is 0 Å². The summed E-state index contributed by atoms with van der Waals surface area (Å²) in [5, 5.41) is 8.40. The highest BCUT2D eigenvalue weighted by molar-refractivity contribution is 7.80. The molecule has 0 aromatic rings. The van der Waals surface area contributed by atoms with Crippen LogP contribution in [0.25, 0.3) is 0 Å². The van der Waals surface area contributed by atoms with Crippen molar-refractivity contribution in [2.24, 2.45) is 16.9 Å². The second kappa shape index (κ2) is 8.66. The summed E-state index contributed by atoms with van der Waals surface area (Å²) in [4.78, 5) is 2.39. The molecule has 2 fully saturated rings. The van der Waals surface area contributed by atoms with E-state index in [1.807, 2.05) is 0 Å². The van der Waals surface area contributed by atoms with Gasteiger partial charge < -0.3 is 10.1 Å². The van der Waals surface area contributed by atoms with Crippen LogP contribution < -0.4 is 10.7 Å². The van der Waals surface area contributed by atoms with Crippen molar-refractivity contribution in [3.63, 3.8) is 0 Å². The lowest BCUT2D eigenvalue weighted by Gasteiger charge is -2.27. The number of hydrogen-bond acceptors (Lipinski definition) is 4. The van der Waals surface area contributed by atoms with Crippen LogP contribution in [0.4, 0.5) is 0 Å². The molecule has 0 bridgehead atoms. The molecule has 2 N–H and O–H groups in total. The van der Waals surface area contributed by atoms with Crippen LogP contribution >= 0.6 is 12.2 Å². The minimum atomic E-state index is 0.567. The van der Waals surface area contributed by atoms with Gasteiger partial charge in [-0.25, -0.2) is 0 Å². The SMILES string of the molecule is C[C@@H]1CCC[C@@H](C)C1=NNC(=S)NCCN1CCOCC1. The van der Waals surface area contributed by atoms with E-state index in [9.17, 15) is 0 Å². The van der Waals surface area contributed by atoms with E-state index in [-0.39, 0.29) is 0 Å². The Kier molecular flexibility index (Phi) is 6.86. The molecule has 2 atom stereocenters. The second-order valence-corrected chi connectivity index (χ2v) is 6.50. The van der Waals surface area contributed by atoms with Gasteiger partial charge in [0.2, 0.25) is 0 Å². The summed E-state index contributed by atoms with van der Waals surface area (Å²) in [5.41, 5.74) is 4.28. The second-order valence-electron chi connectivity index (χ2n) is 6.09. The van der Waals surface area contributed by atoms with Gasteiger partial charge in [-0.3, -0.25) is 10.3 Å². The van der Waals surface area contributed by atoms with Gasteiger partial charge in [-0.05, 0) is 36.9 Å². The van der Waals surface area contributed by atoms with Crippen LogP contribution in [-0.4, -0.2) is 55.1 Å². The van der Waals surface area contributed by atoms with Gasteiger partial charge in [-0.2, -0.15) is 5.10 Å². The minimum Gasteiger partial charge on any atom is -0.379 e. The normalized spacial score (nSPS) is 27.2. The lowest BCUT2D eigenvalue weighted by molar-refractivity contribution is 0.0389. The largest absolute Gasteiger partial charge is 0.379 e. The van der Waals surface area contributed by atoms with Crippen molar-refractivity contribution in [3.05, 3.63) is 0 Å². The van der Waals surface area contributed by atoms with Gasteiger partial charge >= 0.3 is 0 Å². The molecule has 1 saturated heterocycles. The van der Waals surface area contributed by atoms with Crippen molar-refractivity contribution in [2.45, 2.75) is 33.1 Å². The maximum atomic E-state index is 5.33. The first kappa shape index (κ1) is 16.6. The van der Waals surface area contributed by atoms with Crippen molar-refractivity contribution in [1.29, 1.82) is 0 Å². The Balaban J connectivity index is 1.66. The Bertz CT molecular complexity index is 357. The van der Waals surface area contributed by atoms with Gasteiger partial charge in [-0.15, -0.1) is 0 Å². The predicted octanol–water partition coefficient (Wildman–Crippen LogP) is 1.59. The average molecular weight is 312 g/mol. The lowest BCUT2D eigenvalue weighted by atomic mass is 9.81. The summed E-state index contributed by atoms with van der Waals surface area (Å²) in [6.07, 6.45) is 3.79. The molecule has 5 nitrogen and oxygen atoms in total. The van der Waals surface area contributed by atoms with Crippen LogP contribution in [-0.2, 0) is 4.74 Å². The average Bonchev–Trinajstić information content (AvgIpc) is 2.48.